The Labute approximate surface area is 157 Å². The number of thiophene rings is 1. The summed E-state index contributed by atoms with van der Waals surface area (Å²) in [5.41, 5.74) is 1.85. The van der Waals surface area contributed by atoms with Crippen molar-refractivity contribution >= 4 is 44.7 Å². The Kier molecular flexibility index (Phi) is 4.22. The minimum Gasteiger partial charge on any atom is -0.319 e. The van der Waals surface area contributed by atoms with Crippen molar-refractivity contribution in [3.63, 3.8) is 0 Å². The number of carbonyl (C=O) groups excluding carboxylic acids is 1. The molecule has 7 heteroatoms. The maximum absolute atomic E-state index is 13.8. The minimum atomic E-state index is -0.467. The van der Waals surface area contributed by atoms with Crippen LogP contribution in [0.1, 0.15) is 9.67 Å². The zero-order valence-electron chi connectivity index (χ0n) is 13.7. The molecule has 0 aliphatic heterocycles. The van der Waals surface area contributed by atoms with Crippen molar-refractivity contribution < 1.29 is 9.18 Å². The van der Waals surface area contributed by atoms with Crippen LogP contribution in [0.3, 0.4) is 0 Å². The second-order valence-corrected chi connectivity index (χ2v) is 7.21. The second kappa shape index (κ2) is 6.55. The normalized spacial score (nSPS) is 11.0. The number of carbonyl (C=O) groups is 1. The molecule has 0 saturated heterocycles. The highest BCUT2D eigenvalue weighted by molar-refractivity contribution is 7.20. The average Bonchev–Trinajstić information content (AvgIpc) is 3.19. The quantitative estimate of drug-likeness (QED) is 0.517. The van der Waals surface area contributed by atoms with Gasteiger partial charge in [-0.2, -0.15) is 5.10 Å². The van der Waals surface area contributed by atoms with Crippen LogP contribution in [0.4, 0.5) is 10.1 Å². The largest absolute Gasteiger partial charge is 0.319 e. The van der Waals surface area contributed by atoms with E-state index in [1.807, 2.05) is 19.2 Å². The molecule has 130 valence electrons. The number of anilines is 1. The predicted octanol–water partition coefficient (Wildman–Crippen LogP) is 5.35. The van der Waals surface area contributed by atoms with E-state index in [1.165, 1.54) is 23.5 Å². The number of amides is 1. The van der Waals surface area contributed by atoms with E-state index in [2.05, 4.69) is 10.4 Å². The van der Waals surface area contributed by atoms with E-state index in [4.69, 9.17) is 11.6 Å². The standard InChI is InChI=1S/C19H13ClFN3OS/c1-24-19-13(17(23-24)11-6-8-12(20)9-7-11)10-16(26-19)18(25)22-15-5-3-2-4-14(15)21/h2-10H,1H3,(H,22,25). The third-order valence-electron chi connectivity index (χ3n) is 3.98. The second-order valence-electron chi connectivity index (χ2n) is 5.74. The molecule has 1 N–H and O–H groups in total. The number of rotatable bonds is 3. The highest BCUT2D eigenvalue weighted by Crippen LogP contribution is 2.34. The lowest BCUT2D eigenvalue weighted by Crippen LogP contribution is -2.11. The van der Waals surface area contributed by atoms with Crippen LogP contribution in [-0.4, -0.2) is 15.7 Å². The molecule has 2 heterocycles. The van der Waals surface area contributed by atoms with Crippen LogP contribution in [0, 0.1) is 5.82 Å². The van der Waals surface area contributed by atoms with E-state index in [0.717, 1.165) is 21.5 Å². The van der Waals surface area contributed by atoms with Gasteiger partial charge in [-0.3, -0.25) is 9.48 Å². The van der Waals surface area contributed by atoms with E-state index < -0.39 is 5.82 Å². The number of nitrogens with zero attached hydrogens (tertiary/aromatic N) is 2. The van der Waals surface area contributed by atoms with Crippen molar-refractivity contribution in [3.05, 3.63) is 70.3 Å². The van der Waals surface area contributed by atoms with Crippen LogP contribution in [-0.2, 0) is 7.05 Å². The molecule has 26 heavy (non-hydrogen) atoms. The molecule has 0 atom stereocenters. The molecular formula is C19H13ClFN3OS. The molecule has 2 aromatic carbocycles. The van der Waals surface area contributed by atoms with Gasteiger partial charge in [0.15, 0.2) is 0 Å². The molecule has 0 aliphatic rings. The zero-order valence-corrected chi connectivity index (χ0v) is 15.2. The molecule has 4 rings (SSSR count). The number of aromatic nitrogens is 2. The Bertz CT molecular complexity index is 1120. The van der Waals surface area contributed by atoms with E-state index in [0.29, 0.717) is 9.90 Å². The van der Waals surface area contributed by atoms with E-state index in [-0.39, 0.29) is 11.6 Å². The Morgan fingerprint density at radius 2 is 1.92 bits per heavy atom. The first kappa shape index (κ1) is 16.8. The van der Waals surface area contributed by atoms with Crippen molar-refractivity contribution in [2.24, 2.45) is 7.05 Å². The van der Waals surface area contributed by atoms with Gasteiger partial charge in [-0.1, -0.05) is 35.9 Å². The van der Waals surface area contributed by atoms with Crippen LogP contribution in [0.25, 0.3) is 21.5 Å². The van der Waals surface area contributed by atoms with Gasteiger partial charge in [0.1, 0.15) is 16.3 Å². The van der Waals surface area contributed by atoms with Gasteiger partial charge in [0.05, 0.1) is 10.6 Å². The van der Waals surface area contributed by atoms with Gasteiger partial charge in [0.2, 0.25) is 0 Å². The molecule has 4 nitrogen and oxygen atoms in total. The summed E-state index contributed by atoms with van der Waals surface area (Å²) < 4.78 is 15.5. The molecule has 0 spiro atoms. The van der Waals surface area contributed by atoms with Crippen molar-refractivity contribution in [2.45, 2.75) is 0 Å². The van der Waals surface area contributed by atoms with Crippen LogP contribution in [0.5, 0.6) is 0 Å². The van der Waals surface area contributed by atoms with E-state index in [9.17, 15) is 9.18 Å². The van der Waals surface area contributed by atoms with Crippen molar-refractivity contribution in [1.29, 1.82) is 0 Å². The number of halogens is 2. The minimum absolute atomic E-state index is 0.158. The highest BCUT2D eigenvalue weighted by Gasteiger charge is 2.18. The van der Waals surface area contributed by atoms with Crippen LogP contribution in [0.2, 0.25) is 5.02 Å². The van der Waals surface area contributed by atoms with Gasteiger partial charge in [-0.25, -0.2) is 4.39 Å². The van der Waals surface area contributed by atoms with Gasteiger partial charge in [0, 0.05) is 23.0 Å². The zero-order chi connectivity index (χ0) is 18.3. The molecule has 4 aromatic rings. The van der Waals surface area contributed by atoms with Gasteiger partial charge < -0.3 is 5.32 Å². The van der Waals surface area contributed by atoms with E-state index in [1.54, 1.807) is 35.0 Å². The van der Waals surface area contributed by atoms with Crippen LogP contribution < -0.4 is 5.32 Å². The lowest BCUT2D eigenvalue weighted by atomic mass is 10.1. The molecule has 2 aromatic heterocycles. The smallest absolute Gasteiger partial charge is 0.265 e. The molecule has 0 fully saturated rings. The van der Waals surface area contributed by atoms with Crippen LogP contribution >= 0.6 is 22.9 Å². The lowest BCUT2D eigenvalue weighted by Gasteiger charge is -2.04. The average molecular weight is 386 g/mol. The fraction of sp³-hybridized carbons (Fsp3) is 0.0526. The Balaban J connectivity index is 1.72. The summed E-state index contributed by atoms with van der Waals surface area (Å²) >= 11 is 7.27. The first-order chi connectivity index (χ1) is 12.5. The predicted molar refractivity (Wildman–Crippen MR) is 103 cm³/mol. The highest BCUT2D eigenvalue weighted by atomic mass is 35.5. The molecule has 0 saturated carbocycles. The number of fused-ring (bicyclic) bond motifs is 1. The van der Waals surface area contributed by atoms with Crippen molar-refractivity contribution in [3.8, 4) is 11.3 Å². The van der Waals surface area contributed by atoms with E-state index >= 15 is 0 Å². The summed E-state index contributed by atoms with van der Waals surface area (Å²) in [6.07, 6.45) is 0. The third-order valence-corrected chi connectivity index (χ3v) is 5.43. The summed E-state index contributed by atoms with van der Waals surface area (Å²) in [7, 11) is 1.83. The Morgan fingerprint density at radius 1 is 1.19 bits per heavy atom. The Hall–Kier alpha value is -2.70. The topological polar surface area (TPSA) is 46.9 Å². The van der Waals surface area contributed by atoms with Crippen molar-refractivity contribution in [1.82, 2.24) is 9.78 Å². The lowest BCUT2D eigenvalue weighted by molar-refractivity contribution is 0.103. The number of hydrogen-bond donors (Lipinski definition) is 1. The summed E-state index contributed by atoms with van der Waals surface area (Å²) in [5, 5.41) is 8.68. The SMILES string of the molecule is Cn1nc(-c2ccc(Cl)cc2)c2cc(C(=O)Nc3ccccc3F)sc21. The number of nitrogens with one attached hydrogen (secondary N) is 1. The third kappa shape index (κ3) is 2.98. The first-order valence-electron chi connectivity index (χ1n) is 7.81. The van der Waals surface area contributed by atoms with Gasteiger partial charge in [-0.15, -0.1) is 11.3 Å². The monoisotopic (exact) mass is 385 g/mol. The number of benzene rings is 2. The summed E-state index contributed by atoms with van der Waals surface area (Å²) in [6, 6.07) is 15.3. The molecule has 0 aliphatic carbocycles. The molecule has 0 unspecified atom stereocenters. The van der Waals surface area contributed by atoms with Crippen molar-refractivity contribution in [2.75, 3.05) is 5.32 Å². The van der Waals surface area contributed by atoms with Gasteiger partial charge >= 0.3 is 0 Å². The first-order valence-corrected chi connectivity index (χ1v) is 9.01. The molecule has 1 amide bonds. The molecule has 0 radical (unpaired) electrons. The number of para-hydroxylation sites is 1. The van der Waals surface area contributed by atoms with Gasteiger partial charge in [-0.05, 0) is 30.3 Å². The number of hydrogen-bond acceptors (Lipinski definition) is 3. The van der Waals surface area contributed by atoms with Crippen LogP contribution in [0.15, 0.2) is 54.6 Å². The summed E-state index contributed by atoms with van der Waals surface area (Å²) in [6.45, 7) is 0. The fourth-order valence-corrected chi connectivity index (χ4v) is 3.81. The molecule has 0 bridgehead atoms. The summed E-state index contributed by atoms with van der Waals surface area (Å²) in [5.74, 6) is -0.816. The maximum Gasteiger partial charge on any atom is 0.265 e. The Morgan fingerprint density at radius 3 is 2.65 bits per heavy atom. The fourth-order valence-electron chi connectivity index (χ4n) is 2.72. The van der Waals surface area contributed by atoms with Gasteiger partial charge in [0.25, 0.3) is 5.91 Å². The number of aryl methyl sites for hydroxylation is 1. The molecular weight excluding hydrogens is 373 g/mol. The summed E-state index contributed by atoms with van der Waals surface area (Å²) in [4.78, 5) is 13.9. The maximum atomic E-state index is 13.8.